The van der Waals surface area contributed by atoms with Crippen LogP contribution in [0.2, 0.25) is 0 Å². The van der Waals surface area contributed by atoms with Gasteiger partial charge in [0.2, 0.25) is 0 Å². The highest BCUT2D eigenvalue weighted by atomic mass is 16.7. The summed E-state index contributed by atoms with van der Waals surface area (Å²) in [4.78, 5) is 0. The summed E-state index contributed by atoms with van der Waals surface area (Å²) in [7, 11) is 0. The van der Waals surface area contributed by atoms with Crippen LogP contribution in [0.5, 0.6) is 11.5 Å². The van der Waals surface area contributed by atoms with Gasteiger partial charge < -0.3 is 9.47 Å². The molecule has 0 atom stereocenters. The number of hydrogen-bond acceptors (Lipinski definition) is 2. The van der Waals surface area contributed by atoms with Crippen LogP contribution in [0.4, 0.5) is 0 Å². The van der Waals surface area contributed by atoms with Gasteiger partial charge in [0.15, 0.2) is 11.5 Å². The Bertz CT molecular complexity index is 548. The summed E-state index contributed by atoms with van der Waals surface area (Å²) in [5.41, 5.74) is 1.13. The van der Waals surface area contributed by atoms with Gasteiger partial charge in [-0.1, -0.05) is 48.5 Å². The molecule has 0 saturated carbocycles. The van der Waals surface area contributed by atoms with Gasteiger partial charge in [0.1, 0.15) is 0 Å². The minimum absolute atomic E-state index is 0.723. The van der Waals surface area contributed by atoms with Crippen LogP contribution < -0.4 is 9.47 Å². The number of para-hydroxylation sites is 2. The van der Waals surface area contributed by atoms with Crippen molar-refractivity contribution in [3.05, 3.63) is 66.2 Å². The van der Waals surface area contributed by atoms with Crippen molar-refractivity contribution < 1.29 is 9.47 Å². The zero-order chi connectivity index (χ0) is 12.4. The lowest BCUT2D eigenvalue weighted by Gasteiger charge is -2.18. The molecular weight excluding hydrogens is 224 g/mol. The Labute approximate surface area is 106 Å². The molecule has 2 aromatic carbocycles. The van der Waals surface area contributed by atoms with E-state index in [1.807, 2.05) is 73.7 Å². The largest absolute Gasteiger partial charge is 0.445 e. The fourth-order valence-corrected chi connectivity index (χ4v) is 1.96. The summed E-state index contributed by atoms with van der Waals surface area (Å²) in [6, 6.07) is 17.8. The van der Waals surface area contributed by atoms with E-state index in [9.17, 15) is 0 Å². The Hall–Kier alpha value is -2.22. The Morgan fingerprint density at radius 3 is 2.00 bits per heavy atom. The highest BCUT2D eigenvalue weighted by Crippen LogP contribution is 2.39. The van der Waals surface area contributed by atoms with Crippen molar-refractivity contribution in [3.8, 4) is 11.5 Å². The number of fused-ring (bicyclic) bond motifs is 1. The maximum Gasteiger partial charge on any atom is 0.268 e. The summed E-state index contributed by atoms with van der Waals surface area (Å²) in [6.45, 7) is 1.91. The predicted octanol–water partition coefficient (Wildman–Crippen LogP) is 3.89. The SMILES string of the molecule is CC1(/C=C/c2ccccc2)Oc2ccccc2O1. The van der Waals surface area contributed by atoms with Gasteiger partial charge in [-0.2, -0.15) is 0 Å². The fraction of sp³-hybridized carbons (Fsp3) is 0.125. The molecule has 2 nitrogen and oxygen atoms in total. The third-order valence-electron chi connectivity index (χ3n) is 2.85. The first-order chi connectivity index (χ1) is 8.75. The Balaban J connectivity index is 1.81. The standard InChI is InChI=1S/C16H14O2/c1-16(12-11-13-7-3-2-4-8-13)17-14-9-5-6-10-15(14)18-16/h2-12H,1H3/b12-11+. The van der Waals surface area contributed by atoms with Crippen LogP contribution in [0.3, 0.4) is 0 Å². The molecule has 0 saturated heterocycles. The summed E-state index contributed by atoms with van der Waals surface area (Å²) in [6.07, 6.45) is 3.94. The molecule has 0 bridgehead atoms. The van der Waals surface area contributed by atoms with Crippen LogP contribution in [-0.4, -0.2) is 5.79 Å². The molecule has 1 heterocycles. The predicted molar refractivity (Wildman–Crippen MR) is 71.6 cm³/mol. The van der Waals surface area contributed by atoms with Crippen molar-refractivity contribution in [3.63, 3.8) is 0 Å². The molecular formula is C16H14O2. The van der Waals surface area contributed by atoms with E-state index in [4.69, 9.17) is 9.47 Å². The molecule has 2 aromatic rings. The summed E-state index contributed by atoms with van der Waals surface area (Å²) in [5.74, 6) is 0.856. The molecule has 0 spiro atoms. The van der Waals surface area contributed by atoms with E-state index < -0.39 is 5.79 Å². The van der Waals surface area contributed by atoms with Crippen molar-refractivity contribution in [2.45, 2.75) is 12.7 Å². The maximum absolute atomic E-state index is 5.81. The van der Waals surface area contributed by atoms with Crippen LogP contribution in [0.1, 0.15) is 12.5 Å². The lowest BCUT2D eigenvalue weighted by atomic mass is 10.2. The second kappa shape index (κ2) is 4.22. The van der Waals surface area contributed by atoms with E-state index in [1.54, 1.807) is 0 Å². The van der Waals surface area contributed by atoms with E-state index in [1.165, 1.54) is 0 Å². The fourth-order valence-electron chi connectivity index (χ4n) is 1.96. The average molecular weight is 238 g/mol. The highest BCUT2D eigenvalue weighted by Gasteiger charge is 2.33. The first-order valence-corrected chi connectivity index (χ1v) is 5.97. The van der Waals surface area contributed by atoms with Crippen LogP contribution in [0, 0.1) is 0 Å². The third-order valence-corrected chi connectivity index (χ3v) is 2.85. The third kappa shape index (κ3) is 2.09. The monoisotopic (exact) mass is 238 g/mol. The van der Waals surface area contributed by atoms with E-state index in [0.29, 0.717) is 0 Å². The molecule has 0 N–H and O–H groups in total. The lowest BCUT2D eigenvalue weighted by molar-refractivity contribution is -0.0134. The van der Waals surface area contributed by atoms with Gasteiger partial charge in [-0.25, -0.2) is 0 Å². The van der Waals surface area contributed by atoms with Crippen LogP contribution in [-0.2, 0) is 0 Å². The Morgan fingerprint density at radius 1 is 0.833 bits per heavy atom. The molecule has 1 aliphatic heterocycles. The summed E-state index contributed by atoms with van der Waals surface area (Å²) in [5, 5.41) is 0. The Kier molecular flexibility index (Phi) is 2.56. The van der Waals surface area contributed by atoms with E-state index in [2.05, 4.69) is 0 Å². The topological polar surface area (TPSA) is 18.5 Å². The quantitative estimate of drug-likeness (QED) is 0.790. The highest BCUT2D eigenvalue weighted by molar-refractivity contribution is 5.52. The second-order valence-electron chi connectivity index (χ2n) is 4.41. The second-order valence-corrected chi connectivity index (χ2v) is 4.41. The maximum atomic E-state index is 5.81. The molecule has 0 aromatic heterocycles. The van der Waals surface area contributed by atoms with Crippen LogP contribution in [0.15, 0.2) is 60.7 Å². The van der Waals surface area contributed by atoms with Crippen molar-refractivity contribution in [2.75, 3.05) is 0 Å². The van der Waals surface area contributed by atoms with Gasteiger partial charge in [0.25, 0.3) is 5.79 Å². The normalized spacial score (nSPS) is 16.1. The molecule has 0 aliphatic carbocycles. The van der Waals surface area contributed by atoms with Crippen LogP contribution in [0.25, 0.3) is 6.08 Å². The average Bonchev–Trinajstić information content (AvgIpc) is 2.74. The molecule has 18 heavy (non-hydrogen) atoms. The molecule has 1 aliphatic rings. The molecule has 0 fully saturated rings. The van der Waals surface area contributed by atoms with Gasteiger partial charge in [0.05, 0.1) is 0 Å². The first kappa shape index (κ1) is 10.9. The minimum Gasteiger partial charge on any atom is -0.445 e. The molecule has 0 unspecified atom stereocenters. The van der Waals surface area contributed by atoms with Gasteiger partial charge in [-0.05, 0) is 23.8 Å². The molecule has 0 radical (unpaired) electrons. The molecule has 0 amide bonds. The first-order valence-electron chi connectivity index (χ1n) is 5.97. The van der Waals surface area contributed by atoms with E-state index >= 15 is 0 Å². The molecule has 90 valence electrons. The van der Waals surface area contributed by atoms with Crippen molar-refractivity contribution >= 4 is 6.08 Å². The lowest BCUT2D eigenvalue weighted by Crippen LogP contribution is -2.31. The van der Waals surface area contributed by atoms with E-state index in [0.717, 1.165) is 17.1 Å². The Morgan fingerprint density at radius 2 is 1.39 bits per heavy atom. The minimum atomic E-state index is -0.723. The summed E-state index contributed by atoms with van der Waals surface area (Å²) < 4.78 is 11.6. The van der Waals surface area contributed by atoms with E-state index in [-0.39, 0.29) is 0 Å². The van der Waals surface area contributed by atoms with Gasteiger partial charge >= 0.3 is 0 Å². The summed E-state index contributed by atoms with van der Waals surface area (Å²) >= 11 is 0. The van der Waals surface area contributed by atoms with Crippen LogP contribution >= 0.6 is 0 Å². The smallest absolute Gasteiger partial charge is 0.268 e. The number of rotatable bonds is 2. The van der Waals surface area contributed by atoms with Gasteiger partial charge in [0, 0.05) is 6.92 Å². The number of hydrogen-bond donors (Lipinski definition) is 0. The number of ether oxygens (including phenoxy) is 2. The van der Waals surface area contributed by atoms with Crippen molar-refractivity contribution in [1.29, 1.82) is 0 Å². The number of benzene rings is 2. The zero-order valence-corrected chi connectivity index (χ0v) is 10.2. The van der Waals surface area contributed by atoms with Gasteiger partial charge in [-0.15, -0.1) is 0 Å². The molecule has 3 rings (SSSR count). The van der Waals surface area contributed by atoms with Crippen molar-refractivity contribution in [1.82, 2.24) is 0 Å². The molecule has 2 heteroatoms. The zero-order valence-electron chi connectivity index (χ0n) is 10.2. The van der Waals surface area contributed by atoms with Crippen molar-refractivity contribution in [2.24, 2.45) is 0 Å². The van der Waals surface area contributed by atoms with Gasteiger partial charge in [-0.3, -0.25) is 0 Å².